The van der Waals surface area contributed by atoms with Gasteiger partial charge in [-0.15, -0.1) is 0 Å². The van der Waals surface area contributed by atoms with Gasteiger partial charge in [-0.1, -0.05) is 19.8 Å². The second kappa shape index (κ2) is 6.35. The van der Waals surface area contributed by atoms with Gasteiger partial charge in [0.25, 0.3) is 0 Å². The molecule has 0 amide bonds. The Morgan fingerprint density at radius 3 is 2.80 bits per heavy atom. The third-order valence-electron chi connectivity index (χ3n) is 3.69. The summed E-state index contributed by atoms with van der Waals surface area (Å²) < 4.78 is 13.9. The van der Waals surface area contributed by atoms with Gasteiger partial charge in [-0.25, -0.2) is 9.37 Å². The van der Waals surface area contributed by atoms with Crippen LogP contribution in [0.2, 0.25) is 0 Å². The van der Waals surface area contributed by atoms with Gasteiger partial charge in [0, 0.05) is 20.1 Å². The summed E-state index contributed by atoms with van der Waals surface area (Å²) in [5, 5.41) is 13.4. The molecule has 20 heavy (non-hydrogen) atoms. The van der Waals surface area contributed by atoms with Crippen molar-refractivity contribution in [3.05, 3.63) is 12.0 Å². The first-order valence-electron chi connectivity index (χ1n) is 7.24. The van der Waals surface area contributed by atoms with E-state index in [0.717, 1.165) is 38.6 Å². The summed E-state index contributed by atoms with van der Waals surface area (Å²) in [4.78, 5) is 9.80. The number of aliphatic hydroxyl groups is 1. The van der Waals surface area contributed by atoms with Gasteiger partial charge in [0.15, 0.2) is 11.6 Å². The zero-order chi connectivity index (χ0) is 14.6. The molecule has 6 heteroatoms. The minimum Gasteiger partial charge on any atom is -0.388 e. The summed E-state index contributed by atoms with van der Waals surface area (Å²) in [5.74, 6) is 0.198. The van der Waals surface area contributed by atoms with Crippen LogP contribution in [-0.2, 0) is 0 Å². The summed E-state index contributed by atoms with van der Waals surface area (Å²) in [7, 11) is 1.76. The van der Waals surface area contributed by atoms with Crippen molar-refractivity contribution in [2.75, 3.05) is 30.4 Å². The Balaban J connectivity index is 2.09. The molecule has 1 aromatic rings. The number of aromatic nitrogens is 2. The van der Waals surface area contributed by atoms with Crippen molar-refractivity contribution in [3.63, 3.8) is 0 Å². The molecular formula is C14H23FN4O. The number of hydrogen-bond donors (Lipinski definition) is 2. The summed E-state index contributed by atoms with van der Waals surface area (Å²) in [5.41, 5.74) is -0.719. The fraction of sp³-hybridized carbons (Fsp3) is 0.714. The number of nitrogens with zero attached hydrogens (tertiary/aromatic N) is 3. The van der Waals surface area contributed by atoms with Gasteiger partial charge in [-0.3, -0.25) is 0 Å². The molecule has 1 fully saturated rings. The number of nitrogens with one attached hydrogen (secondary N) is 1. The molecule has 1 aliphatic rings. The van der Waals surface area contributed by atoms with Crippen LogP contribution in [0, 0.1) is 5.82 Å². The Bertz CT molecular complexity index is 449. The molecule has 112 valence electrons. The van der Waals surface area contributed by atoms with Crippen LogP contribution in [-0.4, -0.2) is 40.8 Å². The predicted molar refractivity (Wildman–Crippen MR) is 77.5 cm³/mol. The third-order valence-corrected chi connectivity index (χ3v) is 3.69. The van der Waals surface area contributed by atoms with Gasteiger partial charge in [-0.2, -0.15) is 4.98 Å². The van der Waals surface area contributed by atoms with Crippen LogP contribution in [0.4, 0.5) is 16.2 Å². The van der Waals surface area contributed by atoms with E-state index in [-0.39, 0.29) is 5.82 Å². The normalized spacial score (nSPS) is 17.2. The Morgan fingerprint density at radius 1 is 1.45 bits per heavy atom. The second-order valence-corrected chi connectivity index (χ2v) is 5.58. The largest absolute Gasteiger partial charge is 0.388 e. The lowest BCUT2D eigenvalue weighted by molar-refractivity contribution is 0.0557. The van der Waals surface area contributed by atoms with E-state index in [9.17, 15) is 9.50 Å². The van der Waals surface area contributed by atoms with E-state index in [0.29, 0.717) is 12.5 Å². The van der Waals surface area contributed by atoms with Crippen molar-refractivity contribution >= 4 is 11.8 Å². The van der Waals surface area contributed by atoms with Crippen molar-refractivity contribution in [3.8, 4) is 0 Å². The van der Waals surface area contributed by atoms with Crippen LogP contribution < -0.4 is 10.2 Å². The first-order valence-corrected chi connectivity index (χ1v) is 7.24. The van der Waals surface area contributed by atoms with E-state index in [1.165, 1.54) is 6.20 Å². The summed E-state index contributed by atoms with van der Waals surface area (Å²) >= 11 is 0. The molecule has 2 N–H and O–H groups in total. The van der Waals surface area contributed by atoms with E-state index >= 15 is 0 Å². The minimum absolute atomic E-state index is 0.235. The number of likely N-dealkylation sites (N-methyl/N-ethyl adjacent to an activating group) is 1. The topological polar surface area (TPSA) is 61.3 Å². The molecule has 1 heterocycles. The molecule has 0 unspecified atom stereocenters. The fourth-order valence-corrected chi connectivity index (χ4v) is 2.66. The molecule has 0 radical (unpaired) electrons. The van der Waals surface area contributed by atoms with E-state index < -0.39 is 11.4 Å². The van der Waals surface area contributed by atoms with Crippen LogP contribution in [0.15, 0.2) is 6.20 Å². The highest BCUT2D eigenvalue weighted by Crippen LogP contribution is 2.31. The van der Waals surface area contributed by atoms with Crippen LogP contribution in [0.5, 0.6) is 0 Å². The first-order chi connectivity index (χ1) is 9.54. The molecule has 1 saturated carbocycles. The second-order valence-electron chi connectivity index (χ2n) is 5.58. The van der Waals surface area contributed by atoms with Crippen LogP contribution in [0.1, 0.15) is 39.0 Å². The molecule has 1 aromatic heterocycles. The maximum absolute atomic E-state index is 13.9. The van der Waals surface area contributed by atoms with Crippen molar-refractivity contribution in [2.45, 2.75) is 44.6 Å². The zero-order valence-corrected chi connectivity index (χ0v) is 12.2. The third kappa shape index (κ3) is 3.56. The first kappa shape index (κ1) is 15.0. The van der Waals surface area contributed by atoms with Crippen molar-refractivity contribution in [1.29, 1.82) is 0 Å². The molecule has 0 spiro atoms. The van der Waals surface area contributed by atoms with Gasteiger partial charge >= 0.3 is 0 Å². The molecule has 2 rings (SSSR count). The number of anilines is 2. The Labute approximate surface area is 119 Å². The van der Waals surface area contributed by atoms with Gasteiger partial charge in [0.1, 0.15) is 0 Å². The molecule has 1 aliphatic carbocycles. The highest BCUT2D eigenvalue weighted by atomic mass is 19.1. The van der Waals surface area contributed by atoms with Crippen LogP contribution in [0.3, 0.4) is 0 Å². The molecule has 0 atom stereocenters. The SMILES string of the molecule is CCCNc1ncc(F)c(N(C)CC2(O)CCCC2)n1. The standard InChI is InChI=1S/C14H23FN4O/c1-3-8-16-13-17-9-11(15)12(18-13)19(2)10-14(20)6-4-5-7-14/h9,20H,3-8,10H2,1-2H3,(H,16,17,18). The predicted octanol–water partition coefficient (Wildman–Crippen LogP) is 2.18. The van der Waals surface area contributed by atoms with E-state index in [1.807, 2.05) is 6.92 Å². The highest BCUT2D eigenvalue weighted by molar-refractivity contribution is 5.43. The van der Waals surface area contributed by atoms with Gasteiger partial charge < -0.3 is 15.3 Å². The molecule has 0 saturated heterocycles. The maximum atomic E-state index is 13.9. The quantitative estimate of drug-likeness (QED) is 0.837. The fourth-order valence-electron chi connectivity index (χ4n) is 2.66. The van der Waals surface area contributed by atoms with Crippen LogP contribution >= 0.6 is 0 Å². The maximum Gasteiger partial charge on any atom is 0.224 e. The lowest BCUT2D eigenvalue weighted by Crippen LogP contribution is -2.40. The molecule has 0 bridgehead atoms. The number of rotatable bonds is 6. The summed E-state index contributed by atoms with van der Waals surface area (Å²) in [6, 6.07) is 0. The molecule has 5 nitrogen and oxygen atoms in total. The lowest BCUT2D eigenvalue weighted by atomic mass is 10.0. The zero-order valence-electron chi connectivity index (χ0n) is 12.2. The monoisotopic (exact) mass is 282 g/mol. The van der Waals surface area contributed by atoms with Crippen molar-refractivity contribution in [2.24, 2.45) is 0 Å². The smallest absolute Gasteiger partial charge is 0.224 e. The van der Waals surface area contributed by atoms with E-state index in [4.69, 9.17) is 0 Å². The number of hydrogen-bond acceptors (Lipinski definition) is 5. The average molecular weight is 282 g/mol. The summed E-state index contributed by atoms with van der Waals surface area (Å²) in [6.45, 7) is 3.19. The van der Waals surface area contributed by atoms with Gasteiger partial charge in [0.2, 0.25) is 5.95 Å². The van der Waals surface area contributed by atoms with E-state index in [2.05, 4.69) is 15.3 Å². The van der Waals surface area contributed by atoms with Gasteiger partial charge in [0.05, 0.1) is 11.8 Å². The minimum atomic E-state index is -0.719. The summed E-state index contributed by atoms with van der Waals surface area (Å²) in [6.07, 6.45) is 5.72. The lowest BCUT2D eigenvalue weighted by Gasteiger charge is -2.29. The van der Waals surface area contributed by atoms with Crippen LogP contribution in [0.25, 0.3) is 0 Å². The van der Waals surface area contributed by atoms with Gasteiger partial charge in [-0.05, 0) is 19.3 Å². The van der Waals surface area contributed by atoms with E-state index in [1.54, 1.807) is 11.9 Å². The Hall–Kier alpha value is -1.43. The molecule has 0 aliphatic heterocycles. The Morgan fingerprint density at radius 2 is 2.15 bits per heavy atom. The van der Waals surface area contributed by atoms with Crippen molar-refractivity contribution in [1.82, 2.24) is 9.97 Å². The highest BCUT2D eigenvalue weighted by Gasteiger charge is 2.33. The van der Waals surface area contributed by atoms with Crippen molar-refractivity contribution < 1.29 is 9.50 Å². The number of halogens is 1. The molecular weight excluding hydrogens is 259 g/mol. The molecule has 0 aromatic carbocycles. The Kier molecular flexibility index (Phi) is 4.75. The average Bonchev–Trinajstić information content (AvgIpc) is 2.84.